The first-order valence-electron chi connectivity index (χ1n) is 7.38. The van der Waals surface area contributed by atoms with Crippen LogP contribution in [-0.2, 0) is 10.0 Å². The maximum absolute atomic E-state index is 12.4. The number of aliphatic hydroxyl groups is 1. The molecule has 0 heterocycles. The van der Waals surface area contributed by atoms with Gasteiger partial charge in [-0.15, -0.1) is 0 Å². The summed E-state index contributed by atoms with van der Waals surface area (Å²) in [4.78, 5) is 0.127. The minimum atomic E-state index is -3.63. The van der Waals surface area contributed by atoms with Crippen LogP contribution in [0.1, 0.15) is 37.0 Å². The van der Waals surface area contributed by atoms with Crippen LogP contribution in [0.3, 0.4) is 0 Å². The van der Waals surface area contributed by atoms with Crippen molar-refractivity contribution < 1.29 is 13.5 Å². The molecule has 0 radical (unpaired) electrons. The standard InChI is InChI=1S/C17H21NO3S/c1-2-3-13-18-22(20,21)16-12-8-7-11-15(16)17(19)14-9-5-4-6-10-14/h4-12,17-19H,2-3,13H2,1H3. The van der Waals surface area contributed by atoms with Crippen molar-refractivity contribution in [2.45, 2.75) is 30.8 Å². The van der Waals surface area contributed by atoms with Gasteiger partial charge in [-0.1, -0.05) is 61.9 Å². The molecular formula is C17H21NO3S. The summed E-state index contributed by atoms with van der Waals surface area (Å²) in [5, 5.41) is 10.5. The Morgan fingerprint density at radius 1 is 1.05 bits per heavy atom. The SMILES string of the molecule is CCCCNS(=O)(=O)c1ccccc1C(O)c1ccccc1. The first kappa shape index (κ1) is 16.7. The van der Waals surface area contributed by atoms with Gasteiger partial charge in [0.2, 0.25) is 10.0 Å². The number of hydrogen-bond acceptors (Lipinski definition) is 3. The Kier molecular flexibility index (Phi) is 5.71. The largest absolute Gasteiger partial charge is 0.384 e. The number of aliphatic hydroxyl groups excluding tert-OH is 1. The van der Waals surface area contributed by atoms with E-state index in [1.807, 2.05) is 25.1 Å². The van der Waals surface area contributed by atoms with E-state index in [2.05, 4.69) is 4.72 Å². The molecule has 0 aliphatic carbocycles. The summed E-state index contributed by atoms with van der Waals surface area (Å²) >= 11 is 0. The molecule has 2 N–H and O–H groups in total. The molecule has 2 aromatic rings. The molecule has 0 aliphatic rings. The summed E-state index contributed by atoms with van der Waals surface area (Å²) < 4.78 is 27.5. The first-order valence-corrected chi connectivity index (χ1v) is 8.86. The van der Waals surface area contributed by atoms with Crippen LogP contribution in [0.15, 0.2) is 59.5 Å². The average molecular weight is 319 g/mol. The number of nitrogens with one attached hydrogen (secondary N) is 1. The molecule has 0 aromatic heterocycles. The minimum Gasteiger partial charge on any atom is -0.384 e. The lowest BCUT2D eigenvalue weighted by Crippen LogP contribution is -2.26. The lowest BCUT2D eigenvalue weighted by molar-refractivity contribution is 0.217. The second-order valence-corrected chi connectivity index (χ2v) is 6.84. The van der Waals surface area contributed by atoms with E-state index < -0.39 is 16.1 Å². The van der Waals surface area contributed by atoms with Crippen molar-refractivity contribution in [2.75, 3.05) is 6.54 Å². The van der Waals surface area contributed by atoms with Crippen LogP contribution in [0.4, 0.5) is 0 Å². The maximum atomic E-state index is 12.4. The monoisotopic (exact) mass is 319 g/mol. The van der Waals surface area contributed by atoms with E-state index in [1.165, 1.54) is 6.07 Å². The van der Waals surface area contributed by atoms with E-state index in [0.29, 0.717) is 17.7 Å². The van der Waals surface area contributed by atoms with Gasteiger partial charge in [0, 0.05) is 12.1 Å². The second kappa shape index (κ2) is 7.54. The van der Waals surface area contributed by atoms with Crippen molar-refractivity contribution in [3.8, 4) is 0 Å². The van der Waals surface area contributed by atoms with Crippen molar-refractivity contribution in [3.05, 3.63) is 65.7 Å². The molecule has 0 fully saturated rings. The van der Waals surface area contributed by atoms with Gasteiger partial charge in [-0.05, 0) is 18.1 Å². The quantitative estimate of drug-likeness (QED) is 0.771. The zero-order chi connectivity index (χ0) is 16.0. The molecule has 0 saturated heterocycles. The van der Waals surface area contributed by atoms with Crippen LogP contribution in [0.2, 0.25) is 0 Å². The van der Waals surface area contributed by atoms with Gasteiger partial charge < -0.3 is 5.11 Å². The molecule has 5 heteroatoms. The van der Waals surface area contributed by atoms with Gasteiger partial charge >= 0.3 is 0 Å². The summed E-state index contributed by atoms with van der Waals surface area (Å²) in [6.07, 6.45) is 0.722. The highest BCUT2D eigenvalue weighted by Crippen LogP contribution is 2.27. The number of sulfonamides is 1. The molecular weight excluding hydrogens is 298 g/mol. The van der Waals surface area contributed by atoms with Crippen LogP contribution in [0, 0.1) is 0 Å². The van der Waals surface area contributed by atoms with Gasteiger partial charge in [-0.2, -0.15) is 0 Å². The van der Waals surface area contributed by atoms with Gasteiger partial charge in [-0.25, -0.2) is 13.1 Å². The second-order valence-electron chi connectivity index (χ2n) is 5.10. The van der Waals surface area contributed by atoms with Crippen LogP contribution in [0.5, 0.6) is 0 Å². The lowest BCUT2D eigenvalue weighted by Gasteiger charge is -2.16. The Bertz CT molecular complexity index is 699. The highest BCUT2D eigenvalue weighted by Gasteiger charge is 2.22. The molecule has 22 heavy (non-hydrogen) atoms. The van der Waals surface area contributed by atoms with Gasteiger partial charge in [0.05, 0.1) is 4.90 Å². The van der Waals surface area contributed by atoms with E-state index in [-0.39, 0.29) is 4.90 Å². The van der Waals surface area contributed by atoms with Crippen molar-refractivity contribution in [1.29, 1.82) is 0 Å². The Labute approximate surface area is 131 Å². The number of hydrogen-bond donors (Lipinski definition) is 2. The van der Waals surface area contributed by atoms with Crippen LogP contribution < -0.4 is 4.72 Å². The molecule has 0 spiro atoms. The van der Waals surface area contributed by atoms with Gasteiger partial charge in [0.15, 0.2) is 0 Å². The molecule has 0 bridgehead atoms. The van der Waals surface area contributed by atoms with Crippen LogP contribution in [0.25, 0.3) is 0 Å². The highest BCUT2D eigenvalue weighted by molar-refractivity contribution is 7.89. The van der Waals surface area contributed by atoms with E-state index in [1.54, 1.807) is 30.3 Å². The Morgan fingerprint density at radius 3 is 2.36 bits per heavy atom. The zero-order valence-corrected chi connectivity index (χ0v) is 13.4. The predicted molar refractivity (Wildman–Crippen MR) is 87.0 cm³/mol. The summed E-state index contributed by atoms with van der Waals surface area (Å²) in [6, 6.07) is 15.6. The zero-order valence-electron chi connectivity index (χ0n) is 12.6. The lowest BCUT2D eigenvalue weighted by atomic mass is 10.0. The Hall–Kier alpha value is -1.69. The number of rotatable bonds is 7. The summed E-state index contributed by atoms with van der Waals surface area (Å²) in [5.41, 5.74) is 1.05. The summed E-state index contributed by atoms with van der Waals surface area (Å²) in [5.74, 6) is 0. The average Bonchev–Trinajstić information content (AvgIpc) is 2.55. The molecule has 0 saturated carbocycles. The number of benzene rings is 2. The molecule has 2 rings (SSSR count). The third-order valence-corrected chi connectivity index (χ3v) is 4.98. The van der Waals surface area contributed by atoms with E-state index in [9.17, 15) is 13.5 Å². The smallest absolute Gasteiger partial charge is 0.240 e. The minimum absolute atomic E-state index is 0.127. The predicted octanol–water partition coefficient (Wildman–Crippen LogP) is 2.85. The van der Waals surface area contributed by atoms with Gasteiger partial charge in [-0.3, -0.25) is 0 Å². The summed E-state index contributed by atoms with van der Waals surface area (Å²) in [6.45, 7) is 2.40. The summed E-state index contributed by atoms with van der Waals surface area (Å²) in [7, 11) is -3.63. The Balaban J connectivity index is 2.35. The van der Waals surface area contributed by atoms with Crippen LogP contribution in [-0.4, -0.2) is 20.1 Å². The molecule has 4 nitrogen and oxygen atoms in total. The molecule has 118 valence electrons. The van der Waals surface area contributed by atoms with Crippen molar-refractivity contribution in [2.24, 2.45) is 0 Å². The van der Waals surface area contributed by atoms with E-state index in [0.717, 1.165) is 12.8 Å². The fraction of sp³-hybridized carbons (Fsp3) is 0.294. The third-order valence-electron chi connectivity index (χ3n) is 3.44. The normalized spacial score (nSPS) is 13.0. The van der Waals surface area contributed by atoms with E-state index in [4.69, 9.17) is 0 Å². The van der Waals surface area contributed by atoms with Gasteiger partial charge in [0.25, 0.3) is 0 Å². The molecule has 0 aliphatic heterocycles. The molecule has 1 unspecified atom stereocenters. The van der Waals surface area contributed by atoms with Gasteiger partial charge in [0.1, 0.15) is 6.10 Å². The first-order chi connectivity index (χ1) is 10.6. The maximum Gasteiger partial charge on any atom is 0.240 e. The molecule has 0 amide bonds. The topological polar surface area (TPSA) is 66.4 Å². The van der Waals surface area contributed by atoms with Crippen molar-refractivity contribution >= 4 is 10.0 Å². The highest BCUT2D eigenvalue weighted by atomic mass is 32.2. The fourth-order valence-corrected chi connectivity index (χ4v) is 3.54. The van der Waals surface area contributed by atoms with Crippen molar-refractivity contribution in [1.82, 2.24) is 4.72 Å². The van der Waals surface area contributed by atoms with Crippen molar-refractivity contribution in [3.63, 3.8) is 0 Å². The third kappa shape index (κ3) is 3.94. The fourth-order valence-electron chi connectivity index (χ4n) is 2.23. The Morgan fingerprint density at radius 2 is 1.68 bits per heavy atom. The van der Waals surface area contributed by atoms with E-state index >= 15 is 0 Å². The number of unbranched alkanes of at least 4 members (excludes halogenated alkanes) is 1. The molecule has 2 aromatic carbocycles. The molecule has 1 atom stereocenters. The van der Waals surface area contributed by atoms with Crippen LogP contribution >= 0.6 is 0 Å².